The van der Waals surface area contributed by atoms with Crippen LogP contribution in [0.25, 0.3) is 10.9 Å². The van der Waals surface area contributed by atoms with Crippen LogP contribution in [0, 0.1) is 0 Å². The molecule has 3 rings (SSSR count). The lowest BCUT2D eigenvalue weighted by molar-refractivity contribution is 0.0950. The number of phenols is 1. The van der Waals surface area contributed by atoms with Crippen LogP contribution in [0.3, 0.4) is 0 Å². The highest BCUT2D eigenvalue weighted by atomic mass is 16.5. The number of para-hydroxylation sites is 1. The van der Waals surface area contributed by atoms with Gasteiger partial charge in [-0.1, -0.05) is 31.9 Å². The number of nitrogens with zero attached hydrogens (tertiary/aromatic N) is 2. The van der Waals surface area contributed by atoms with Crippen molar-refractivity contribution in [1.82, 2.24) is 9.99 Å². The van der Waals surface area contributed by atoms with Crippen LogP contribution in [0.4, 0.5) is 0 Å². The quantitative estimate of drug-likeness (QED) is 0.268. The van der Waals surface area contributed by atoms with Gasteiger partial charge in [0.05, 0.1) is 18.3 Å². The molecule has 2 aromatic carbocycles. The maximum atomic E-state index is 13.1. The number of nitrogens with one attached hydrogen (secondary N) is 1. The van der Waals surface area contributed by atoms with Gasteiger partial charge in [-0.25, -0.2) is 5.43 Å². The number of carbonyl (C=O) groups is 1. The Labute approximate surface area is 185 Å². The number of carbonyl (C=O) groups excluding carboxylic acids is 1. The van der Waals surface area contributed by atoms with E-state index in [-0.39, 0.29) is 17.1 Å². The molecule has 0 atom stereocenters. The van der Waals surface area contributed by atoms with Crippen molar-refractivity contribution in [3.8, 4) is 17.2 Å². The monoisotopic (exact) mass is 437 g/mol. The third-order valence-corrected chi connectivity index (χ3v) is 5.02. The van der Waals surface area contributed by atoms with E-state index in [2.05, 4.69) is 17.5 Å². The zero-order chi connectivity index (χ0) is 23.1. The molecule has 0 bridgehead atoms. The normalized spacial score (nSPS) is 11.2. The molecule has 32 heavy (non-hydrogen) atoms. The van der Waals surface area contributed by atoms with Crippen LogP contribution in [0.15, 0.2) is 52.4 Å². The van der Waals surface area contributed by atoms with E-state index < -0.39 is 11.5 Å². The van der Waals surface area contributed by atoms with Crippen LogP contribution in [0.5, 0.6) is 17.2 Å². The van der Waals surface area contributed by atoms with Crippen LogP contribution in [-0.2, 0) is 6.54 Å². The number of aromatic hydroxyl groups is 2. The summed E-state index contributed by atoms with van der Waals surface area (Å²) in [6.45, 7) is 4.70. The summed E-state index contributed by atoms with van der Waals surface area (Å²) in [5.74, 6) is -0.876. The number of rotatable bonds is 9. The average molecular weight is 437 g/mol. The molecule has 168 valence electrons. The molecule has 0 fully saturated rings. The van der Waals surface area contributed by atoms with Crippen LogP contribution < -0.4 is 15.7 Å². The van der Waals surface area contributed by atoms with Crippen molar-refractivity contribution in [2.24, 2.45) is 5.10 Å². The average Bonchev–Trinajstić information content (AvgIpc) is 2.78. The summed E-state index contributed by atoms with van der Waals surface area (Å²) in [4.78, 5) is 25.8. The molecule has 3 N–H and O–H groups in total. The number of phenolic OH excluding ortho intramolecular Hbond substituents is 1. The van der Waals surface area contributed by atoms with Gasteiger partial charge in [-0.2, -0.15) is 5.10 Å². The molecule has 0 unspecified atom stereocenters. The number of aryl methyl sites for hydroxylation is 1. The number of hydrazone groups is 1. The molecule has 1 heterocycles. The number of unbranched alkanes of at least 4 members (excludes halogenated alkanes) is 2. The van der Waals surface area contributed by atoms with Crippen LogP contribution in [0.1, 0.15) is 49.0 Å². The molecule has 0 aliphatic carbocycles. The van der Waals surface area contributed by atoms with Crippen molar-refractivity contribution in [1.29, 1.82) is 0 Å². The van der Waals surface area contributed by atoms with Gasteiger partial charge in [0.2, 0.25) is 0 Å². The van der Waals surface area contributed by atoms with Gasteiger partial charge in [-0.05, 0) is 49.2 Å². The first-order chi connectivity index (χ1) is 15.5. The van der Waals surface area contributed by atoms with Crippen molar-refractivity contribution in [3.63, 3.8) is 0 Å². The summed E-state index contributed by atoms with van der Waals surface area (Å²) in [7, 11) is 0. The molecule has 8 nitrogen and oxygen atoms in total. The molecule has 1 aromatic heterocycles. The van der Waals surface area contributed by atoms with Crippen molar-refractivity contribution < 1.29 is 19.7 Å². The maximum absolute atomic E-state index is 13.1. The second-order valence-electron chi connectivity index (χ2n) is 7.26. The minimum Gasteiger partial charge on any atom is -0.506 e. The van der Waals surface area contributed by atoms with E-state index in [0.29, 0.717) is 35.4 Å². The second kappa shape index (κ2) is 10.5. The summed E-state index contributed by atoms with van der Waals surface area (Å²) in [6.07, 6.45) is 4.09. The van der Waals surface area contributed by atoms with Crippen LogP contribution in [0.2, 0.25) is 0 Å². The standard InChI is InChI=1S/C24H27N3O5/c1-3-5-8-13-27-18-10-7-6-9-17(18)22(29)21(24(27)31)23(30)26-25-15-16-11-12-19(28)20(14-16)32-4-2/h6-7,9-12,14-15,28-29H,3-5,8,13H2,1-2H3,(H,26,30)/b25-15-. The number of hydrogen-bond donors (Lipinski definition) is 3. The first-order valence-corrected chi connectivity index (χ1v) is 10.6. The lowest BCUT2D eigenvalue weighted by Crippen LogP contribution is -2.31. The Morgan fingerprint density at radius 1 is 1.16 bits per heavy atom. The third kappa shape index (κ3) is 4.91. The first-order valence-electron chi connectivity index (χ1n) is 10.6. The van der Waals surface area contributed by atoms with E-state index >= 15 is 0 Å². The molecule has 0 saturated heterocycles. The molecule has 0 saturated carbocycles. The van der Waals surface area contributed by atoms with Gasteiger partial charge >= 0.3 is 0 Å². The van der Waals surface area contributed by atoms with Crippen molar-refractivity contribution in [3.05, 3.63) is 63.9 Å². The van der Waals surface area contributed by atoms with E-state index in [0.717, 1.165) is 19.3 Å². The highest BCUT2D eigenvalue weighted by Crippen LogP contribution is 2.27. The van der Waals surface area contributed by atoms with Crippen molar-refractivity contribution >= 4 is 23.0 Å². The van der Waals surface area contributed by atoms with E-state index in [1.54, 1.807) is 43.3 Å². The van der Waals surface area contributed by atoms with Gasteiger partial charge in [0, 0.05) is 11.9 Å². The molecule has 0 spiro atoms. The first kappa shape index (κ1) is 22.9. The van der Waals surface area contributed by atoms with E-state index in [1.807, 2.05) is 0 Å². The number of hydrogen-bond acceptors (Lipinski definition) is 6. The Morgan fingerprint density at radius 3 is 2.69 bits per heavy atom. The van der Waals surface area contributed by atoms with E-state index in [4.69, 9.17) is 4.74 Å². The number of amides is 1. The Morgan fingerprint density at radius 2 is 1.94 bits per heavy atom. The SMILES string of the molecule is CCCCCn1c(=O)c(C(=O)N/N=C\c2ccc(O)c(OCC)c2)c(O)c2ccccc21. The molecule has 1 amide bonds. The number of benzene rings is 2. The lowest BCUT2D eigenvalue weighted by atomic mass is 10.1. The molecule has 0 radical (unpaired) electrons. The summed E-state index contributed by atoms with van der Waals surface area (Å²) in [5, 5.41) is 24.8. The minimum absolute atomic E-state index is 0.00209. The Kier molecular flexibility index (Phi) is 7.49. The Hall–Kier alpha value is -3.81. The predicted molar refractivity (Wildman–Crippen MR) is 124 cm³/mol. The fourth-order valence-corrected chi connectivity index (χ4v) is 3.44. The van der Waals surface area contributed by atoms with Gasteiger partial charge in [0.25, 0.3) is 11.5 Å². The predicted octanol–water partition coefficient (Wildman–Crippen LogP) is 3.77. The topological polar surface area (TPSA) is 113 Å². The number of fused-ring (bicyclic) bond motifs is 1. The van der Waals surface area contributed by atoms with Crippen molar-refractivity contribution in [2.75, 3.05) is 6.61 Å². The van der Waals surface area contributed by atoms with Gasteiger partial charge < -0.3 is 19.5 Å². The molecule has 8 heteroatoms. The van der Waals surface area contributed by atoms with Gasteiger partial charge in [0.1, 0.15) is 11.3 Å². The maximum Gasteiger partial charge on any atom is 0.280 e. The van der Waals surface area contributed by atoms with Crippen LogP contribution in [-0.4, -0.2) is 33.5 Å². The summed E-state index contributed by atoms with van der Waals surface area (Å²) in [6, 6.07) is 11.6. The smallest absolute Gasteiger partial charge is 0.280 e. The third-order valence-electron chi connectivity index (χ3n) is 5.02. The van der Waals surface area contributed by atoms with Crippen LogP contribution >= 0.6 is 0 Å². The zero-order valence-electron chi connectivity index (χ0n) is 18.2. The fourth-order valence-electron chi connectivity index (χ4n) is 3.44. The van der Waals surface area contributed by atoms with Gasteiger partial charge in [-0.3, -0.25) is 9.59 Å². The van der Waals surface area contributed by atoms with Gasteiger partial charge in [0.15, 0.2) is 11.5 Å². The minimum atomic E-state index is -0.803. The number of ether oxygens (including phenoxy) is 1. The number of pyridine rings is 1. The highest BCUT2D eigenvalue weighted by Gasteiger charge is 2.21. The molecular weight excluding hydrogens is 410 g/mol. The number of aromatic nitrogens is 1. The highest BCUT2D eigenvalue weighted by molar-refractivity contribution is 6.02. The zero-order valence-corrected chi connectivity index (χ0v) is 18.2. The van der Waals surface area contributed by atoms with E-state index in [9.17, 15) is 19.8 Å². The second-order valence-corrected chi connectivity index (χ2v) is 7.26. The summed E-state index contributed by atoms with van der Waals surface area (Å²) >= 11 is 0. The van der Waals surface area contributed by atoms with Gasteiger partial charge in [-0.15, -0.1) is 0 Å². The van der Waals surface area contributed by atoms with E-state index in [1.165, 1.54) is 16.8 Å². The molecular formula is C24H27N3O5. The fraction of sp³-hybridized carbons (Fsp3) is 0.292. The lowest BCUT2D eigenvalue weighted by Gasteiger charge is -2.14. The van der Waals surface area contributed by atoms with Crippen molar-refractivity contribution in [2.45, 2.75) is 39.7 Å². The summed E-state index contributed by atoms with van der Waals surface area (Å²) < 4.78 is 6.85. The molecule has 0 aliphatic heterocycles. The molecule has 3 aromatic rings. The largest absolute Gasteiger partial charge is 0.506 e. The summed E-state index contributed by atoms with van der Waals surface area (Å²) in [5.41, 5.74) is 2.55. The molecule has 0 aliphatic rings. The Bertz CT molecular complexity index is 1200. The Balaban J connectivity index is 1.90.